The molecule has 7 aromatic rings. The summed E-state index contributed by atoms with van der Waals surface area (Å²) in [4.78, 5) is 236. The Kier molecular flexibility index (Phi) is 41.0. The number of nitrogens with zero attached hydrogens (tertiary/aromatic N) is 4. The summed E-state index contributed by atoms with van der Waals surface area (Å²) < 4.78 is 0. The summed E-state index contributed by atoms with van der Waals surface area (Å²) in [5.74, 6) is -15.1. The van der Waals surface area contributed by atoms with Crippen molar-refractivity contribution in [3.63, 3.8) is 0 Å². The van der Waals surface area contributed by atoms with E-state index in [-0.39, 0.29) is 86.2 Å². The molecule has 1 heterocycles. The predicted molar refractivity (Wildman–Crippen MR) is 496 cm³/mol. The number of carboxylic acids is 1. The number of hydrogen-bond donors (Lipinski definition) is 15. The number of amides is 15. The first kappa shape index (κ1) is 104. The summed E-state index contributed by atoms with van der Waals surface area (Å²) >= 11 is 0.915. The van der Waals surface area contributed by atoms with Crippen LogP contribution in [0.5, 0.6) is 11.5 Å². The molecule has 0 radical (unpaired) electrons. The van der Waals surface area contributed by atoms with Crippen LogP contribution in [0.4, 0.5) is 0 Å². The van der Waals surface area contributed by atoms with Crippen molar-refractivity contribution in [3.8, 4) is 11.5 Å². The lowest BCUT2D eigenvalue weighted by molar-refractivity contribution is -0.146. The first-order valence-electron chi connectivity index (χ1n) is 44.3. The highest BCUT2D eigenvalue weighted by Gasteiger charge is 2.42. The molecule has 15 amide bonds. The van der Waals surface area contributed by atoms with Crippen LogP contribution >= 0.6 is 11.8 Å². The van der Waals surface area contributed by atoms with Gasteiger partial charge in [-0.05, 0) is 108 Å². The fourth-order valence-electron chi connectivity index (χ4n) is 15.7. The van der Waals surface area contributed by atoms with Crippen LogP contribution in [-0.4, -0.2) is 261 Å². The molecule has 1 aliphatic rings. The number of phenols is 2. The van der Waals surface area contributed by atoms with E-state index < -0.39 is 181 Å². The maximum absolute atomic E-state index is 15.6. The van der Waals surface area contributed by atoms with Crippen molar-refractivity contribution in [1.82, 2.24) is 77.8 Å². The molecular formula is C96H124N16O19S. The van der Waals surface area contributed by atoms with Gasteiger partial charge in [0, 0.05) is 96.6 Å². The monoisotopic (exact) mass is 1840 g/mol. The van der Waals surface area contributed by atoms with Crippen LogP contribution in [-0.2, 0) is 115 Å². The van der Waals surface area contributed by atoms with Crippen LogP contribution < -0.4 is 58.9 Å². The summed E-state index contributed by atoms with van der Waals surface area (Å²) in [7, 11) is 6.92. The second kappa shape index (κ2) is 52.2. The van der Waals surface area contributed by atoms with Gasteiger partial charge in [-0.1, -0.05) is 186 Å². The molecule has 0 spiro atoms. The number of aliphatic carboxylic acids is 1. The van der Waals surface area contributed by atoms with Gasteiger partial charge in [0.15, 0.2) is 0 Å². The van der Waals surface area contributed by atoms with Gasteiger partial charge in [0.2, 0.25) is 88.6 Å². The quantitative estimate of drug-likeness (QED) is 0.0259. The van der Waals surface area contributed by atoms with Crippen LogP contribution in [0, 0.1) is 11.8 Å². The third kappa shape index (κ3) is 33.1. The molecule has 708 valence electrons. The van der Waals surface area contributed by atoms with Gasteiger partial charge in [0.25, 0.3) is 0 Å². The normalized spacial score (nSPS) is 14.2. The molecule has 10 atom stereocenters. The van der Waals surface area contributed by atoms with Gasteiger partial charge in [0.1, 0.15) is 71.9 Å². The molecule has 36 heteroatoms. The second-order valence-corrected chi connectivity index (χ2v) is 34.7. The molecule has 1 aromatic heterocycles. The lowest BCUT2D eigenvalue weighted by Gasteiger charge is -2.36. The maximum Gasteiger partial charge on any atom is 0.305 e. The highest BCUT2D eigenvalue weighted by atomic mass is 32.2. The SMILES string of the molecule is CCCCC(C(=O)N(C)CC(=O)NC(CC(=O)O)C(=O)NC(C(=O)N(C)C(Cc1ccccc1)C(=O)NC(Cc1ccc(O)cc1)C(=O)N(C)CC(=O)NC(Cc1c[nH]c2ccccc12)C(=O)NC(Cc1ccc(O)cc1)C(=O)NC(CC(C)C)C(=O)NC(CSCC(=O)NC(Cc1ccccc1)C(=O)NC)C(=O)NCC(N)=O)C1CCCCC1)N(C)C(=O)CCc1ccccc1. The van der Waals surface area contributed by atoms with Gasteiger partial charge in [0.05, 0.1) is 31.8 Å². The number of primary amides is 1. The molecule has 10 unspecified atom stereocenters. The number of rotatable bonds is 51. The minimum Gasteiger partial charge on any atom is -0.508 e. The molecule has 0 bridgehead atoms. The van der Waals surface area contributed by atoms with E-state index in [0.717, 1.165) is 44.0 Å². The van der Waals surface area contributed by atoms with Gasteiger partial charge in [-0.3, -0.25) is 76.7 Å². The van der Waals surface area contributed by atoms with E-state index in [1.165, 1.54) is 88.7 Å². The molecule has 132 heavy (non-hydrogen) atoms. The first-order chi connectivity index (χ1) is 63.1. The third-order valence-electron chi connectivity index (χ3n) is 22.9. The van der Waals surface area contributed by atoms with Crippen molar-refractivity contribution >= 4 is 117 Å². The molecule has 1 saturated carbocycles. The molecule has 6 aromatic carbocycles. The van der Waals surface area contributed by atoms with Crippen molar-refractivity contribution in [1.29, 1.82) is 0 Å². The lowest BCUT2D eigenvalue weighted by atomic mass is 9.83. The van der Waals surface area contributed by atoms with E-state index in [1.807, 2.05) is 37.3 Å². The molecule has 0 aliphatic heterocycles. The summed E-state index contributed by atoms with van der Waals surface area (Å²) in [6.07, 6.45) is 4.73. The number of aryl methyl sites for hydroxylation is 1. The Hall–Kier alpha value is -13.7. The number of hydrogen-bond acceptors (Lipinski definition) is 19. The van der Waals surface area contributed by atoms with Crippen LogP contribution in [0.3, 0.4) is 0 Å². The number of benzene rings is 6. The molecule has 1 aliphatic carbocycles. The summed E-state index contributed by atoms with van der Waals surface area (Å²) in [6.45, 7) is 3.38. The molecule has 0 saturated heterocycles. The zero-order chi connectivity index (χ0) is 96.1. The number of nitrogens with one attached hydrogen (secondary N) is 11. The van der Waals surface area contributed by atoms with Gasteiger partial charge in [-0.25, -0.2) is 0 Å². The number of nitrogens with two attached hydrogens (primary N) is 1. The number of aromatic amines is 1. The Morgan fingerprint density at radius 2 is 0.955 bits per heavy atom. The highest BCUT2D eigenvalue weighted by Crippen LogP contribution is 2.30. The molecule has 16 N–H and O–H groups in total. The van der Waals surface area contributed by atoms with E-state index in [2.05, 4.69) is 58.2 Å². The number of carbonyl (C=O) groups is 16. The number of aromatic hydroxyl groups is 2. The fraction of sp³-hybridized carbons (Fsp3) is 0.438. The van der Waals surface area contributed by atoms with Gasteiger partial charge < -0.3 is 98.8 Å². The summed E-state index contributed by atoms with van der Waals surface area (Å²) in [5, 5.41) is 58.3. The Morgan fingerprint density at radius 3 is 1.52 bits per heavy atom. The van der Waals surface area contributed by atoms with E-state index >= 15 is 24.0 Å². The standard InChI is InChI=1S/C96H124N16O19S/c1-9-10-35-78(111(7)84(119)45-40-60-25-15-11-16-26-60)95(130)110(6)56-82(117)102-75(52-85(120)121)92(127)108-86(65-31-21-14-22-32-65)96(131)112(8)79(50-62-29-19-13-20-30-62)93(128)106-76(49-64-38-43-68(114)44-39-64)94(129)109(5)55-81(116)101-74(51-66-53-99-70-34-24-23-33-69(66)70)91(126)105-73(48-63-36-41-67(113)42-37-63)90(125)104-71(46-59(2)3)89(124)107-77(88(123)100-54-80(97)115)57-132-58-83(118)103-72(87(122)98-4)47-61-27-17-12-18-28-61/h11-13,15-20,23-30,33-34,36-39,41-44,53,59,65,71-79,86,99,113-114H,9-10,14,21-22,31-32,35,40,45-52,54-58H2,1-8H3,(H2,97,115)(H,98,122)(H,100,123)(H,101,116)(H,102,117)(H,103,118)(H,104,125)(H,105,126)(H,106,128)(H,107,124)(H,108,127)(H,120,121). The van der Waals surface area contributed by atoms with Crippen molar-refractivity contribution in [2.45, 2.75) is 190 Å². The number of para-hydroxylation sites is 1. The van der Waals surface area contributed by atoms with E-state index in [0.29, 0.717) is 78.1 Å². The summed E-state index contributed by atoms with van der Waals surface area (Å²) in [6, 6.07) is 31.2. The average molecular weight is 1840 g/mol. The largest absolute Gasteiger partial charge is 0.508 e. The Balaban J connectivity index is 1.02. The number of likely N-dealkylation sites (N-methyl/N-ethyl adjacent to an activating group) is 5. The number of carboxylic acid groups (broad SMARTS) is 1. The minimum atomic E-state index is -1.80. The van der Waals surface area contributed by atoms with Gasteiger partial charge >= 0.3 is 5.97 Å². The van der Waals surface area contributed by atoms with Crippen molar-refractivity contribution in [3.05, 3.63) is 203 Å². The van der Waals surface area contributed by atoms with Gasteiger partial charge in [-0.15, -0.1) is 11.8 Å². The fourth-order valence-corrected chi connectivity index (χ4v) is 16.6. The smallest absolute Gasteiger partial charge is 0.305 e. The topological polar surface area (TPSA) is 509 Å². The average Bonchev–Trinajstić information content (AvgIpc) is 1.55. The number of thioether (sulfide) groups is 1. The number of phenolic OH excluding ortho intramolecular Hbond substituents is 2. The number of unbranched alkanes of at least 4 members (excludes halogenated alkanes) is 1. The van der Waals surface area contributed by atoms with Crippen LogP contribution in [0.2, 0.25) is 0 Å². The zero-order valence-electron chi connectivity index (χ0n) is 75.8. The zero-order valence-corrected chi connectivity index (χ0v) is 76.6. The Morgan fingerprint density at radius 1 is 0.477 bits per heavy atom. The van der Waals surface area contributed by atoms with Gasteiger partial charge in [-0.2, -0.15) is 0 Å². The number of H-pyrrole nitrogens is 1. The lowest BCUT2D eigenvalue weighted by Crippen LogP contribution is -2.61. The molecular weight excluding hydrogens is 1710 g/mol. The van der Waals surface area contributed by atoms with E-state index in [1.54, 1.807) is 105 Å². The van der Waals surface area contributed by atoms with Crippen molar-refractivity contribution in [2.75, 3.05) is 66.4 Å². The first-order valence-corrected chi connectivity index (χ1v) is 45.5. The third-order valence-corrected chi connectivity index (χ3v) is 24.0. The second-order valence-electron chi connectivity index (χ2n) is 33.7. The Bertz CT molecular complexity index is 5080. The van der Waals surface area contributed by atoms with E-state index in [9.17, 15) is 68.1 Å². The summed E-state index contributed by atoms with van der Waals surface area (Å²) in [5.41, 5.74) is 9.63. The van der Waals surface area contributed by atoms with E-state index in [4.69, 9.17) is 5.73 Å². The Labute approximate surface area is 772 Å². The maximum atomic E-state index is 15.6. The van der Waals surface area contributed by atoms with Crippen LogP contribution in [0.25, 0.3) is 10.9 Å². The number of carbonyl (C=O) groups excluding carboxylic acids is 15. The van der Waals surface area contributed by atoms with Crippen molar-refractivity contribution < 1.29 is 92.0 Å². The molecule has 35 nitrogen and oxygen atoms in total. The van der Waals surface area contributed by atoms with Crippen LogP contribution in [0.1, 0.15) is 125 Å². The number of fused-ring (bicyclic) bond motifs is 1. The van der Waals surface area contributed by atoms with Crippen molar-refractivity contribution in [2.24, 2.45) is 17.6 Å². The minimum absolute atomic E-state index is 0.0533. The highest BCUT2D eigenvalue weighted by molar-refractivity contribution is 8.00. The van der Waals surface area contributed by atoms with Crippen LogP contribution in [0.15, 0.2) is 170 Å². The molecule has 8 rings (SSSR count). The molecule has 1 fully saturated rings. The predicted octanol–water partition coefficient (Wildman–Crippen LogP) is 3.55. The number of aromatic nitrogens is 1.